The Labute approximate surface area is 119 Å². The van der Waals surface area contributed by atoms with Crippen LogP contribution in [0, 0.1) is 17.3 Å². The molecule has 2 aliphatic rings. The second-order valence-electron chi connectivity index (χ2n) is 8.15. The van der Waals surface area contributed by atoms with Crippen LogP contribution in [-0.2, 0) is 0 Å². The van der Waals surface area contributed by atoms with E-state index < -0.39 is 0 Å². The van der Waals surface area contributed by atoms with E-state index >= 15 is 0 Å². The largest absolute Gasteiger partial charge is 0.389 e. The van der Waals surface area contributed by atoms with Gasteiger partial charge in [0.05, 0.1) is 5.60 Å². The van der Waals surface area contributed by atoms with Gasteiger partial charge in [0.15, 0.2) is 0 Å². The van der Waals surface area contributed by atoms with Gasteiger partial charge in [-0.3, -0.25) is 0 Å². The van der Waals surface area contributed by atoms with Crippen molar-refractivity contribution in [2.45, 2.75) is 77.7 Å². The minimum Gasteiger partial charge on any atom is -0.389 e. The fourth-order valence-corrected chi connectivity index (χ4v) is 3.95. The third-order valence-corrected chi connectivity index (χ3v) is 5.49. The molecule has 2 nitrogen and oxygen atoms in total. The van der Waals surface area contributed by atoms with Gasteiger partial charge < -0.3 is 10.4 Å². The number of rotatable bonds is 4. The summed E-state index contributed by atoms with van der Waals surface area (Å²) >= 11 is 0. The van der Waals surface area contributed by atoms with Crippen LogP contribution >= 0.6 is 0 Å². The smallest absolute Gasteiger partial charge is 0.0771 e. The van der Waals surface area contributed by atoms with Crippen LogP contribution in [0.2, 0.25) is 0 Å². The number of hydrogen-bond donors (Lipinski definition) is 2. The normalized spacial score (nSPS) is 31.6. The number of aliphatic hydroxyl groups is 1. The fraction of sp³-hybridized carbons (Fsp3) is 1.00. The van der Waals surface area contributed by atoms with Gasteiger partial charge in [-0.25, -0.2) is 0 Å². The Hall–Kier alpha value is -0.0800. The molecule has 0 bridgehead atoms. The first-order valence-corrected chi connectivity index (χ1v) is 8.32. The summed E-state index contributed by atoms with van der Waals surface area (Å²) < 4.78 is 0. The molecule has 0 atom stereocenters. The molecule has 0 aromatic carbocycles. The Morgan fingerprint density at radius 1 is 1.05 bits per heavy atom. The average molecular weight is 267 g/mol. The van der Waals surface area contributed by atoms with Crippen molar-refractivity contribution in [3.05, 3.63) is 0 Å². The van der Waals surface area contributed by atoms with Crippen molar-refractivity contribution in [3.8, 4) is 0 Å². The van der Waals surface area contributed by atoms with E-state index in [4.69, 9.17) is 0 Å². The zero-order valence-electron chi connectivity index (χ0n) is 13.2. The molecule has 2 rings (SSSR count). The fourth-order valence-electron chi connectivity index (χ4n) is 3.95. The third kappa shape index (κ3) is 4.46. The summed E-state index contributed by atoms with van der Waals surface area (Å²) in [6.07, 6.45) is 9.91. The minimum absolute atomic E-state index is 0.386. The molecule has 2 aliphatic carbocycles. The van der Waals surface area contributed by atoms with Crippen LogP contribution in [0.1, 0.15) is 72.1 Å². The van der Waals surface area contributed by atoms with Gasteiger partial charge >= 0.3 is 0 Å². The van der Waals surface area contributed by atoms with E-state index in [0.717, 1.165) is 37.8 Å². The molecule has 0 amide bonds. The molecule has 2 fully saturated rings. The predicted octanol–water partition coefficient (Wildman–Crippen LogP) is 3.73. The van der Waals surface area contributed by atoms with Crippen molar-refractivity contribution < 1.29 is 5.11 Å². The predicted molar refractivity (Wildman–Crippen MR) is 81.2 cm³/mol. The summed E-state index contributed by atoms with van der Waals surface area (Å²) in [5.41, 5.74) is 0.0972. The van der Waals surface area contributed by atoms with Crippen LogP contribution in [0.4, 0.5) is 0 Å². The first kappa shape index (κ1) is 15.3. The summed E-state index contributed by atoms with van der Waals surface area (Å²) in [6, 6.07) is 0. The highest BCUT2D eigenvalue weighted by atomic mass is 16.3. The Morgan fingerprint density at radius 2 is 1.63 bits per heavy atom. The first-order valence-electron chi connectivity index (χ1n) is 8.32. The van der Waals surface area contributed by atoms with Gasteiger partial charge in [-0.15, -0.1) is 0 Å². The lowest BCUT2D eigenvalue weighted by molar-refractivity contribution is 0.0456. The van der Waals surface area contributed by atoms with E-state index in [1.54, 1.807) is 0 Å². The summed E-state index contributed by atoms with van der Waals surface area (Å²) in [7, 11) is 0. The van der Waals surface area contributed by atoms with Crippen molar-refractivity contribution in [2.24, 2.45) is 17.3 Å². The average Bonchev–Trinajstić information content (AvgIpc) is 2.76. The lowest BCUT2D eigenvalue weighted by Gasteiger charge is -2.37. The van der Waals surface area contributed by atoms with Gasteiger partial charge in [-0.2, -0.15) is 0 Å². The minimum atomic E-state index is -0.386. The summed E-state index contributed by atoms with van der Waals surface area (Å²) in [4.78, 5) is 0. The van der Waals surface area contributed by atoms with E-state index in [1.165, 1.54) is 38.5 Å². The standard InChI is InChI=1S/C17H33NO/c1-16(2,3)15-8-6-14(7-9-15)12-18-13-17(19)10-4-5-11-17/h14-15,18-19H,4-13H2,1-3H3. The molecule has 0 unspecified atom stereocenters. The van der Waals surface area contributed by atoms with Crippen LogP contribution in [0.5, 0.6) is 0 Å². The second-order valence-corrected chi connectivity index (χ2v) is 8.15. The highest BCUT2D eigenvalue weighted by molar-refractivity contribution is 4.87. The monoisotopic (exact) mass is 267 g/mol. The lowest BCUT2D eigenvalue weighted by Crippen LogP contribution is -2.40. The zero-order valence-corrected chi connectivity index (χ0v) is 13.2. The van der Waals surface area contributed by atoms with Crippen LogP contribution < -0.4 is 5.32 Å². The van der Waals surface area contributed by atoms with Gasteiger partial charge in [0.1, 0.15) is 0 Å². The maximum atomic E-state index is 10.3. The maximum Gasteiger partial charge on any atom is 0.0771 e. The molecule has 2 N–H and O–H groups in total. The molecule has 0 radical (unpaired) electrons. The topological polar surface area (TPSA) is 32.3 Å². The van der Waals surface area contributed by atoms with E-state index in [1.807, 2.05) is 0 Å². The zero-order chi connectivity index (χ0) is 13.9. The van der Waals surface area contributed by atoms with Gasteiger partial charge in [0.2, 0.25) is 0 Å². The van der Waals surface area contributed by atoms with Gasteiger partial charge in [-0.05, 0) is 62.3 Å². The van der Waals surface area contributed by atoms with Crippen LogP contribution in [-0.4, -0.2) is 23.8 Å². The molecule has 0 aromatic rings. The molecule has 0 heterocycles. The summed E-state index contributed by atoms with van der Waals surface area (Å²) in [6.45, 7) is 9.06. The molecule has 2 heteroatoms. The Morgan fingerprint density at radius 3 is 2.16 bits per heavy atom. The third-order valence-electron chi connectivity index (χ3n) is 5.49. The van der Waals surface area contributed by atoms with E-state index in [-0.39, 0.29) is 5.60 Å². The highest BCUT2D eigenvalue weighted by Crippen LogP contribution is 2.39. The molecular weight excluding hydrogens is 234 g/mol. The van der Waals surface area contributed by atoms with Crippen LogP contribution in [0.3, 0.4) is 0 Å². The van der Waals surface area contributed by atoms with E-state index in [2.05, 4.69) is 26.1 Å². The number of hydrogen-bond acceptors (Lipinski definition) is 2. The van der Waals surface area contributed by atoms with E-state index in [9.17, 15) is 5.11 Å². The molecule has 0 saturated heterocycles. The SMILES string of the molecule is CC(C)(C)C1CCC(CNCC2(O)CCCC2)CC1. The second kappa shape index (κ2) is 6.13. The molecule has 112 valence electrons. The van der Waals surface area contributed by atoms with Gasteiger partial charge in [-0.1, -0.05) is 33.6 Å². The van der Waals surface area contributed by atoms with E-state index in [0.29, 0.717) is 5.41 Å². The molecule has 0 aromatic heterocycles. The molecular formula is C17H33NO. The van der Waals surface area contributed by atoms with Crippen molar-refractivity contribution >= 4 is 0 Å². The maximum absolute atomic E-state index is 10.3. The van der Waals surface area contributed by atoms with Crippen molar-refractivity contribution in [1.82, 2.24) is 5.32 Å². The Balaban J connectivity index is 1.63. The molecule has 0 spiro atoms. The van der Waals surface area contributed by atoms with Crippen molar-refractivity contribution in [1.29, 1.82) is 0 Å². The molecule has 2 saturated carbocycles. The van der Waals surface area contributed by atoms with Gasteiger partial charge in [0.25, 0.3) is 0 Å². The Bertz CT molecular complexity index is 267. The van der Waals surface area contributed by atoms with Gasteiger partial charge in [0, 0.05) is 6.54 Å². The van der Waals surface area contributed by atoms with Crippen LogP contribution in [0.25, 0.3) is 0 Å². The quantitative estimate of drug-likeness (QED) is 0.813. The number of nitrogens with one attached hydrogen (secondary N) is 1. The highest BCUT2D eigenvalue weighted by Gasteiger charge is 2.32. The summed E-state index contributed by atoms with van der Waals surface area (Å²) in [5.74, 6) is 1.74. The molecule has 19 heavy (non-hydrogen) atoms. The van der Waals surface area contributed by atoms with Crippen molar-refractivity contribution in [3.63, 3.8) is 0 Å². The van der Waals surface area contributed by atoms with Crippen molar-refractivity contribution in [2.75, 3.05) is 13.1 Å². The van der Waals surface area contributed by atoms with Crippen LogP contribution in [0.15, 0.2) is 0 Å². The summed E-state index contributed by atoms with van der Waals surface area (Å²) in [5, 5.41) is 13.8. The lowest BCUT2D eigenvalue weighted by atomic mass is 9.70. The first-order chi connectivity index (χ1) is 8.89. The molecule has 0 aliphatic heterocycles. The Kier molecular flexibility index (Phi) is 4.94.